The molecule has 0 radical (unpaired) electrons. The maximum absolute atomic E-state index is 13.4. The van der Waals surface area contributed by atoms with Gasteiger partial charge in [0.2, 0.25) is 5.75 Å². The first-order chi connectivity index (χ1) is 14.6. The molecule has 8 nitrogen and oxygen atoms in total. The van der Waals surface area contributed by atoms with E-state index in [0.29, 0.717) is 52.6 Å². The Hall–Kier alpha value is -3.18. The highest BCUT2D eigenvalue weighted by molar-refractivity contribution is 6.00. The number of nitrogens with zero attached hydrogens (tertiary/aromatic N) is 3. The van der Waals surface area contributed by atoms with Crippen LogP contribution in [0.2, 0.25) is 0 Å². The number of Topliss-reactive ketones (excluding diaryl/α,β-unsaturated/α-hetero) is 1. The molecular formula is C23H30N4O4. The van der Waals surface area contributed by atoms with E-state index >= 15 is 0 Å². The molecular weight excluding hydrogens is 396 g/mol. The van der Waals surface area contributed by atoms with Crippen molar-refractivity contribution in [1.82, 2.24) is 10.0 Å². The molecule has 1 atom stereocenters. The van der Waals surface area contributed by atoms with Crippen molar-refractivity contribution >= 4 is 5.78 Å². The molecule has 0 unspecified atom stereocenters. The van der Waals surface area contributed by atoms with Gasteiger partial charge in [0.15, 0.2) is 17.3 Å². The Kier molecular flexibility index (Phi) is 5.92. The minimum atomic E-state index is -0.617. The third-order valence-electron chi connectivity index (χ3n) is 5.77. The van der Waals surface area contributed by atoms with Crippen LogP contribution in [0.5, 0.6) is 17.2 Å². The summed E-state index contributed by atoms with van der Waals surface area (Å²) < 4.78 is 16.4. The van der Waals surface area contributed by atoms with Gasteiger partial charge in [-0.25, -0.2) is 5.01 Å². The number of rotatable bonds is 5. The van der Waals surface area contributed by atoms with E-state index in [1.165, 1.54) is 21.3 Å². The van der Waals surface area contributed by atoms with Gasteiger partial charge in [-0.3, -0.25) is 9.80 Å². The van der Waals surface area contributed by atoms with Crippen molar-refractivity contribution in [2.75, 3.05) is 35.4 Å². The molecule has 1 aliphatic heterocycles. The van der Waals surface area contributed by atoms with Crippen molar-refractivity contribution in [3.8, 4) is 23.3 Å². The predicted molar refractivity (Wildman–Crippen MR) is 116 cm³/mol. The minimum Gasteiger partial charge on any atom is -0.493 e. The topological polar surface area (TPSA) is 101 Å². The van der Waals surface area contributed by atoms with Crippen LogP contribution in [0.3, 0.4) is 0 Å². The average molecular weight is 427 g/mol. The monoisotopic (exact) mass is 426 g/mol. The van der Waals surface area contributed by atoms with Crippen molar-refractivity contribution in [3.05, 3.63) is 40.4 Å². The van der Waals surface area contributed by atoms with Crippen LogP contribution in [0.25, 0.3) is 0 Å². The van der Waals surface area contributed by atoms with Gasteiger partial charge < -0.3 is 19.9 Å². The Bertz CT molecular complexity index is 992. The summed E-state index contributed by atoms with van der Waals surface area (Å²) in [6, 6.07) is 5.81. The van der Waals surface area contributed by atoms with Crippen molar-refractivity contribution in [3.63, 3.8) is 0 Å². The van der Waals surface area contributed by atoms with Gasteiger partial charge in [-0.1, -0.05) is 13.8 Å². The number of hydrazine groups is 1. The van der Waals surface area contributed by atoms with E-state index in [2.05, 4.69) is 19.9 Å². The lowest BCUT2D eigenvalue weighted by molar-refractivity contribution is -0.119. The lowest BCUT2D eigenvalue weighted by atomic mass is 9.69. The van der Waals surface area contributed by atoms with Gasteiger partial charge in [-0.05, 0) is 29.5 Å². The SMILES string of the molecule is COc1cc([C@@H]2C(C#N)=C(N)N(N(C)C)C3=C2C(=O)CC(C)(C)C3)cc(OC)c1OC. The van der Waals surface area contributed by atoms with E-state index < -0.39 is 5.92 Å². The zero-order chi connectivity index (χ0) is 23.1. The Morgan fingerprint density at radius 2 is 1.71 bits per heavy atom. The Labute approximate surface area is 183 Å². The molecule has 0 saturated carbocycles. The van der Waals surface area contributed by atoms with Crippen LogP contribution >= 0.6 is 0 Å². The van der Waals surface area contributed by atoms with Gasteiger partial charge in [-0.15, -0.1) is 0 Å². The second-order valence-corrected chi connectivity index (χ2v) is 8.76. The van der Waals surface area contributed by atoms with Crippen molar-refractivity contribution < 1.29 is 19.0 Å². The number of nitriles is 1. The largest absolute Gasteiger partial charge is 0.493 e. The number of hydrogen-bond donors (Lipinski definition) is 1. The number of ether oxygens (including phenoxy) is 3. The molecule has 3 rings (SSSR count). The smallest absolute Gasteiger partial charge is 0.203 e. The van der Waals surface area contributed by atoms with Crippen molar-refractivity contribution in [2.45, 2.75) is 32.6 Å². The Balaban J connectivity index is 2.34. The summed E-state index contributed by atoms with van der Waals surface area (Å²) in [5, 5.41) is 13.7. The number of methoxy groups -OCH3 is 3. The highest BCUT2D eigenvalue weighted by Gasteiger charge is 2.45. The lowest BCUT2D eigenvalue weighted by Gasteiger charge is -2.45. The van der Waals surface area contributed by atoms with E-state index in [1.807, 2.05) is 19.1 Å². The first kappa shape index (κ1) is 22.5. The third-order valence-corrected chi connectivity index (χ3v) is 5.77. The normalized spacial score (nSPS) is 20.5. The van der Waals surface area contributed by atoms with Gasteiger partial charge in [-0.2, -0.15) is 5.26 Å². The number of benzene rings is 1. The van der Waals surface area contributed by atoms with Crippen molar-refractivity contribution in [2.24, 2.45) is 11.1 Å². The molecule has 31 heavy (non-hydrogen) atoms. The van der Waals surface area contributed by atoms with Gasteiger partial charge in [0, 0.05) is 31.8 Å². The summed E-state index contributed by atoms with van der Waals surface area (Å²) in [6.45, 7) is 4.13. The van der Waals surface area contributed by atoms with Crippen LogP contribution in [0, 0.1) is 16.7 Å². The number of ketones is 1. The highest BCUT2D eigenvalue weighted by atomic mass is 16.5. The van der Waals surface area contributed by atoms with Crippen LogP contribution < -0.4 is 19.9 Å². The zero-order valence-electron chi connectivity index (χ0n) is 19.2. The van der Waals surface area contributed by atoms with Crippen LogP contribution in [0.1, 0.15) is 38.2 Å². The quantitative estimate of drug-likeness (QED) is 0.767. The molecule has 0 saturated heterocycles. The van der Waals surface area contributed by atoms with Gasteiger partial charge in [0.1, 0.15) is 5.82 Å². The summed E-state index contributed by atoms with van der Waals surface area (Å²) in [7, 11) is 8.28. The van der Waals surface area contributed by atoms with Crippen LogP contribution in [-0.2, 0) is 4.79 Å². The summed E-state index contributed by atoms with van der Waals surface area (Å²) in [6.07, 6.45) is 1.05. The van der Waals surface area contributed by atoms with E-state index in [9.17, 15) is 10.1 Å². The number of allylic oxidation sites excluding steroid dienone is 3. The predicted octanol–water partition coefficient (Wildman–Crippen LogP) is 2.93. The van der Waals surface area contributed by atoms with Gasteiger partial charge >= 0.3 is 0 Å². The van der Waals surface area contributed by atoms with E-state index in [1.54, 1.807) is 17.1 Å². The Morgan fingerprint density at radius 1 is 1.13 bits per heavy atom. The fourth-order valence-corrected chi connectivity index (χ4v) is 4.55. The van der Waals surface area contributed by atoms with E-state index in [-0.39, 0.29) is 11.2 Å². The van der Waals surface area contributed by atoms with E-state index in [4.69, 9.17) is 19.9 Å². The molecule has 8 heteroatoms. The zero-order valence-corrected chi connectivity index (χ0v) is 19.2. The molecule has 1 aromatic carbocycles. The van der Waals surface area contributed by atoms with Gasteiger partial charge in [0.25, 0.3) is 0 Å². The van der Waals surface area contributed by atoms with Crippen LogP contribution in [0.15, 0.2) is 34.8 Å². The molecule has 0 spiro atoms. The first-order valence-corrected chi connectivity index (χ1v) is 10.0. The summed E-state index contributed by atoms with van der Waals surface area (Å²) in [5.74, 6) is 1.06. The minimum absolute atomic E-state index is 0.0112. The molecule has 0 bridgehead atoms. The fraction of sp³-hybridized carbons (Fsp3) is 0.478. The average Bonchev–Trinajstić information content (AvgIpc) is 2.70. The van der Waals surface area contributed by atoms with Crippen LogP contribution in [-0.4, -0.2) is 51.2 Å². The maximum Gasteiger partial charge on any atom is 0.203 e. The summed E-state index contributed by atoms with van der Waals surface area (Å²) >= 11 is 0. The molecule has 0 aromatic heterocycles. The lowest BCUT2D eigenvalue weighted by Crippen LogP contribution is -2.47. The first-order valence-electron chi connectivity index (χ1n) is 10.0. The maximum atomic E-state index is 13.4. The van der Waals surface area contributed by atoms with Crippen LogP contribution in [0.4, 0.5) is 0 Å². The highest BCUT2D eigenvalue weighted by Crippen LogP contribution is 2.51. The Morgan fingerprint density at radius 3 is 2.16 bits per heavy atom. The molecule has 1 aromatic rings. The number of carbonyl (C=O) groups excluding carboxylic acids is 1. The molecule has 2 aliphatic rings. The summed E-state index contributed by atoms with van der Waals surface area (Å²) in [5.41, 5.74) is 8.71. The summed E-state index contributed by atoms with van der Waals surface area (Å²) in [4.78, 5) is 13.4. The van der Waals surface area contributed by atoms with E-state index in [0.717, 1.165) is 5.70 Å². The number of hydrogen-bond acceptors (Lipinski definition) is 8. The van der Waals surface area contributed by atoms with Crippen molar-refractivity contribution in [1.29, 1.82) is 5.26 Å². The standard InChI is InChI=1S/C23H30N4O4/c1-23(2)10-15-20(16(28)11-23)19(14(12-24)22(25)27(15)26(3)4)13-8-17(29-5)21(31-7)18(9-13)30-6/h8-9,19H,10-11,25H2,1-7H3/t19-/m1/s1. The third kappa shape index (κ3) is 3.70. The van der Waals surface area contributed by atoms with Gasteiger partial charge in [0.05, 0.1) is 38.9 Å². The molecule has 1 aliphatic carbocycles. The second kappa shape index (κ2) is 8.16. The molecule has 2 N–H and O–H groups in total. The number of carbonyl (C=O) groups is 1. The molecule has 166 valence electrons. The number of nitrogens with two attached hydrogens (primary N) is 1. The molecule has 1 heterocycles. The fourth-order valence-electron chi connectivity index (χ4n) is 4.55. The second-order valence-electron chi connectivity index (χ2n) is 8.76. The molecule has 0 fully saturated rings. The molecule has 0 amide bonds.